The molecule has 0 radical (unpaired) electrons. The van der Waals surface area contributed by atoms with Gasteiger partial charge in [-0.1, -0.05) is 11.6 Å². The second kappa shape index (κ2) is 6.58. The van der Waals surface area contributed by atoms with Gasteiger partial charge in [0, 0.05) is 22.1 Å². The van der Waals surface area contributed by atoms with Gasteiger partial charge in [-0.05, 0) is 48.5 Å². The van der Waals surface area contributed by atoms with Crippen molar-refractivity contribution < 1.29 is 14.3 Å². The van der Waals surface area contributed by atoms with Crippen LogP contribution in [0.4, 0.5) is 26.7 Å². The number of hydrogen-bond donors (Lipinski definition) is 2. The molecule has 0 saturated carbocycles. The van der Waals surface area contributed by atoms with E-state index >= 15 is 0 Å². The number of rotatable bonds is 3. The van der Waals surface area contributed by atoms with Crippen LogP contribution in [-0.2, 0) is 4.74 Å². The highest BCUT2D eigenvalue weighted by molar-refractivity contribution is 6.30. The van der Waals surface area contributed by atoms with Crippen molar-refractivity contribution in [2.45, 2.75) is 0 Å². The molecule has 2 aromatic carbocycles. The number of amides is 3. The number of cyclic esters (lactones) is 1. The summed E-state index contributed by atoms with van der Waals surface area (Å²) >= 11 is 5.79. The molecule has 0 aromatic heterocycles. The van der Waals surface area contributed by atoms with Crippen molar-refractivity contribution in [3.05, 3.63) is 53.6 Å². The molecule has 0 bridgehead atoms. The monoisotopic (exact) mass is 331 g/mol. The van der Waals surface area contributed by atoms with Crippen LogP contribution in [0.15, 0.2) is 48.5 Å². The molecule has 0 atom stereocenters. The summed E-state index contributed by atoms with van der Waals surface area (Å²) in [5.74, 6) is 0. The number of nitrogens with one attached hydrogen (secondary N) is 2. The third-order valence-electron chi connectivity index (χ3n) is 3.30. The Morgan fingerprint density at radius 2 is 1.57 bits per heavy atom. The van der Waals surface area contributed by atoms with Crippen molar-refractivity contribution in [2.75, 3.05) is 28.7 Å². The molecule has 0 unspecified atom stereocenters. The van der Waals surface area contributed by atoms with Crippen LogP contribution in [0.5, 0.6) is 0 Å². The number of benzene rings is 2. The summed E-state index contributed by atoms with van der Waals surface area (Å²) in [7, 11) is 0. The molecule has 0 spiro atoms. The Morgan fingerprint density at radius 3 is 2.09 bits per heavy atom. The quantitative estimate of drug-likeness (QED) is 0.894. The van der Waals surface area contributed by atoms with Crippen molar-refractivity contribution in [3.63, 3.8) is 0 Å². The van der Waals surface area contributed by atoms with Gasteiger partial charge in [0.15, 0.2) is 0 Å². The molecule has 7 heteroatoms. The molecule has 0 aliphatic carbocycles. The minimum atomic E-state index is -0.361. The van der Waals surface area contributed by atoms with Crippen LogP contribution in [0.3, 0.4) is 0 Å². The average Bonchev–Trinajstić information content (AvgIpc) is 2.96. The van der Waals surface area contributed by atoms with Crippen molar-refractivity contribution in [2.24, 2.45) is 0 Å². The smallest absolute Gasteiger partial charge is 0.414 e. The zero-order valence-electron chi connectivity index (χ0n) is 12.1. The molecular formula is C16H14ClN3O3. The van der Waals surface area contributed by atoms with Gasteiger partial charge < -0.3 is 15.4 Å². The summed E-state index contributed by atoms with van der Waals surface area (Å²) in [6.07, 6.45) is -0.355. The first-order valence-electron chi connectivity index (χ1n) is 7.00. The maximum absolute atomic E-state index is 11.9. The standard InChI is InChI=1S/C16H14ClN3O3/c17-11-1-3-12(4-2-11)18-15(21)19-13-5-7-14(8-6-13)20-9-10-23-16(20)22/h1-8H,9-10H2,(H2,18,19,21). The summed E-state index contributed by atoms with van der Waals surface area (Å²) in [6, 6.07) is 13.4. The zero-order chi connectivity index (χ0) is 16.2. The normalized spacial score (nSPS) is 13.6. The summed E-state index contributed by atoms with van der Waals surface area (Å²) in [5, 5.41) is 6.02. The minimum Gasteiger partial charge on any atom is -0.447 e. The fourth-order valence-corrected chi connectivity index (χ4v) is 2.31. The number of carbonyl (C=O) groups is 2. The molecule has 6 nitrogen and oxygen atoms in total. The van der Waals surface area contributed by atoms with Gasteiger partial charge in [-0.3, -0.25) is 4.90 Å². The van der Waals surface area contributed by atoms with Crippen molar-refractivity contribution >= 4 is 40.8 Å². The van der Waals surface area contributed by atoms with Gasteiger partial charge in [-0.15, -0.1) is 0 Å². The SMILES string of the molecule is O=C(Nc1ccc(Cl)cc1)Nc1ccc(N2CCOC2=O)cc1. The highest BCUT2D eigenvalue weighted by Crippen LogP contribution is 2.21. The van der Waals surface area contributed by atoms with Gasteiger partial charge in [0.25, 0.3) is 0 Å². The lowest BCUT2D eigenvalue weighted by molar-refractivity contribution is 0.181. The first-order valence-corrected chi connectivity index (χ1v) is 7.37. The summed E-state index contributed by atoms with van der Waals surface area (Å²) in [6.45, 7) is 0.922. The van der Waals surface area contributed by atoms with E-state index in [-0.39, 0.29) is 12.1 Å². The zero-order valence-corrected chi connectivity index (χ0v) is 12.8. The fraction of sp³-hybridized carbons (Fsp3) is 0.125. The average molecular weight is 332 g/mol. The molecule has 1 aliphatic rings. The third kappa shape index (κ3) is 3.73. The highest BCUT2D eigenvalue weighted by atomic mass is 35.5. The lowest BCUT2D eigenvalue weighted by Crippen LogP contribution is -2.23. The van der Waals surface area contributed by atoms with Crippen molar-refractivity contribution in [3.8, 4) is 0 Å². The van der Waals surface area contributed by atoms with E-state index < -0.39 is 0 Å². The molecule has 3 amide bonds. The Labute approximate surface area is 138 Å². The van der Waals surface area contributed by atoms with Crippen LogP contribution >= 0.6 is 11.6 Å². The summed E-state index contributed by atoms with van der Waals surface area (Å²) in [4.78, 5) is 24.9. The second-order valence-corrected chi connectivity index (χ2v) is 5.34. The number of ether oxygens (including phenoxy) is 1. The predicted octanol–water partition coefficient (Wildman–Crippen LogP) is 3.94. The maximum atomic E-state index is 11.9. The molecule has 1 fully saturated rings. The highest BCUT2D eigenvalue weighted by Gasteiger charge is 2.23. The van der Waals surface area contributed by atoms with Gasteiger partial charge >= 0.3 is 12.1 Å². The third-order valence-corrected chi connectivity index (χ3v) is 3.55. The van der Waals surface area contributed by atoms with Crippen LogP contribution in [0, 0.1) is 0 Å². The van der Waals surface area contributed by atoms with E-state index in [1.165, 1.54) is 4.90 Å². The molecule has 2 aromatic rings. The number of halogens is 1. The molecule has 1 aliphatic heterocycles. The van der Waals surface area contributed by atoms with E-state index in [9.17, 15) is 9.59 Å². The van der Waals surface area contributed by atoms with Gasteiger partial charge in [-0.2, -0.15) is 0 Å². The van der Waals surface area contributed by atoms with Crippen LogP contribution in [-0.4, -0.2) is 25.3 Å². The predicted molar refractivity (Wildman–Crippen MR) is 89.2 cm³/mol. The van der Waals surface area contributed by atoms with Gasteiger partial charge in [0.1, 0.15) is 6.61 Å². The number of anilines is 3. The summed E-state index contributed by atoms with van der Waals surface area (Å²) < 4.78 is 4.89. The Kier molecular flexibility index (Phi) is 4.34. The van der Waals surface area contributed by atoms with E-state index in [2.05, 4.69) is 10.6 Å². The molecular weight excluding hydrogens is 318 g/mol. The minimum absolute atomic E-state index is 0.355. The second-order valence-electron chi connectivity index (χ2n) is 4.90. The van der Waals surface area contributed by atoms with Crippen molar-refractivity contribution in [1.82, 2.24) is 0 Å². The summed E-state index contributed by atoms with van der Waals surface area (Å²) in [5.41, 5.74) is 1.99. The van der Waals surface area contributed by atoms with E-state index in [1.807, 2.05) is 0 Å². The first-order chi connectivity index (χ1) is 11.1. The fourth-order valence-electron chi connectivity index (χ4n) is 2.18. The number of hydrogen-bond acceptors (Lipinski definition) is 3. The Morgan fingerprint density at radius 1 is 1.00 bits per heavy atom. The van der Waals surface area contributed by atoms with Crippen LogP contribution < -0.4 is 15.5 Å². The van der Waals surface area contributed by atoms with Crippen molar-refractivity contribution in [1.29, 1.82) is 0 Å². The lowest BCUT2D eigenvalue weighted by Gasteiger charge is -2.13. The Hall–Kier alpha value is -2.73. The molecule has 1 saturated heterocycles. The Bertz CT molecular complexity index is 716. The van der Waals surface area contributed by atoms with Crippen LogP contribution in [0.25, 0.3) is 0 Å². The van der Waals surface area contributed by atoms with E-state index in [0.29, 0.717) is 29.5 Å². The topological polar surface area (TPSA) is 70.7 Å². The van der Waals surface area contributed by atoms with Crippen LogP contribution in [0.2, 0.25) is 5.02 Å². The van der Waals surface area contributed by atoms with E-state index in [1.54, 1.807) is 48.5 Å². The number of carbonyl (C=O) groups excluding carboxylic acids is 2. The molecule has 3 rings (SSSR count). The number of urea groups is 1. The maximum Gasteiger partial charge on any atom is 0.414 e. The lowest BCUT2D eigenvalue weighted by atomic mass is 10.2. The van der Waals surface area contributed by atoms with Gasteiger partial charge in [0.2, 0.25) is 0 Å². The Balaban J connectivity index is 1.60. The largest absolute Gasteiger partial charge is 0.447 e. The molecule has 2 N–H and O–H groups in total. The molecule has 23 heavy (non-hydrogen) atoms. The van der Waals surface area contributed by atoms with Gasteiger partial charge in [0.05, 0.1) is 6.54 Å². The molecule has 1 heterocycles. The van der Waals surface area contributed by atoms with E-state index in [0.717, 1.165) is 5.69 Å². The van der Waals surface area contributed by atoms with E-state index in [4.69, 9.17) is 16.3 Å². The number of nitrogens with zero attached hydrogens (tertiary/aromatic N) is 1. The van der Waals surface area contributed by atoms with Gasteiger partial charge in [-0.25, -0.2) is 9.59 Å². The molecule has 118 valence electrons. The van der Waals surface area contributed by atoms with Crippen LogP contribution in [0.1, 0.15) is 0 Å². The first kappa shape index (κ1) is 15.2.